The third-order valence-corrected chi connectivity index (χ3v) is 3.11. The highest BCUT2D eigenvalue weighted by Gasteiger charge is 2.27. The summed E-state index contributed by atoms with van der Waals surface area (Å²) in [5.74, 6) is 0.0427. The van der Waals surface area contributed by atoms with Crippen molar-refractivity contribution in [1.29, 1.82) is 0 Å². The van der Waals surface area contributed by atoms with E-state index in [4.69, 9.17) is 5.73 Å². The molecule has 0 bridgehead atoms. The monoisotopic (exact) mass is 239 g/mol. The summed E-state index contributed by atoms with van der Waals surface area (Å²) >= 11 is 0. The number of anilines is 1. The fourth-order valence-corrected chi connectivity index (χ4v) is 2.22. The molecule has 0 spiro atoms. The summed E-state index contributed by atoms with van der Waals surface area (Å²) in [5, 5.41) is 0. The van der Waals surface area contributed by atoms with Gasteiger partial charge in [0.2, 0.25) is 0 Å². The Balaban J connectivity index is 1.85. The molecule has 1 aliphatic rings. The SMILES string of the molecule is Nc1ccc2c(c1)C(=O)N(Cc1cccnc1)C2. The Kier molecular flexibility index (Phi) is 2.48. The maximum Gasteiger partial charge on any atom is 0.254 e. The van der Waals surface area contributed by atoms with Crippen LogP contribution in [0.2, 0.25) is 0 Å². The number of amides is 1. The Morgan fingerprint density at radius 1 is 1.33 bits per heavy atom. The van der Waals surface area contributed by atoms with Crippen molar-refractivity contribution < 1.29 is 4.79 Å². The molecule has 1 aromatic heterocycles. The van der Waals surface area contributed by atoms with Crippen molar-refractivity contribution >= 4 is 11.6 Å². The number of benzene rings is 1. The maximum atomic E-state index is 12.2. The van der Waals surface area contributed by atoms with E-state index in [1.807, 2.05) is 24.3 Å². The van der Waals surface area contributed by atoms with E-state index < -0.39 is 0 Å². The minimum Gasteiger partial charge on any atom is -0.399 e. The molecular weight excluding hydrogens is 226 g/mol. The lowest BCUT2D eigenvalue weighted by atomic mass is 10.1. The van der Waals surface area contributed by atoms with Gasteiger partial charge in [-0.05, 0) is 29.3 Å². The molecule has 2 heterocycles. The molecule has 0 fully saturated rings. The summed E-state index contributed by atoms with van der Waals surface area (Å²) in [7, 11) is 0. The third kappa shape index (κ3) is 1.82. The first kappa shape index (κ1) is 10.8. The standard InChI is InChI=1S/C14H13N3O/c15-12-4-3-11-9-17(14(18)13(11)6-12)8-10-2-1-5-16-7-10/h1-7H,8-9,15H2. The predicted octanol–water partition coefficient (Wildman–Crippen LogP) is 1.82. The van der Waals surface area contributed by atoms with Gasteiger partial charge in [0.15, 0.2) is 0 Å². The predicted molar refractivity (Wildman–Crippen MR) is 68.7 cm³/mol. The molecule has 0 radical (unpaired) electrons. The van der Waals surface area contributed by atoms with Gasteiger partial charge in [-0.1, -0.05) is 12.1 Å². The summed E-state index contributed by atoms with van der Waals surface area (Å²) in [6.07, 6.45) is 3.51. The van der Waals surface area contributed by atoms with Crippen LogP contribution in [0.5, 0.6) is 0 Å². The number of pyridine rings is 1. The molecule has 1 aliphatic heterocycles. The zero-order valence-corrected chi connectivity index (χ0v) is 9.84. The minimum absolute atomic E-state index is 0.0427. The third-order valence-electron chi connectivity index (χ3n) is 3.11. The average Bonchev–Trinajstić information content (AvgIpc) is 2.68. The molecular formula is C14H13N3O. The van der Waals surface area contributed by atoms with Gasteiger partial charge >= 0.3 is 0 Å². The van der Waals surface area contributed by atoms with E-state index in [2.05, 4.69) is 4.98 Å². The van der Waals surface area contributed by atoms with Crippen LogP contribution in [0.3, 0.4) is 0 Å². The molecule has 0 aliphatic carbocycles. The Labute approximate surface area is 105 Å². The number of nitrogen functional groups attached to an aromatic ring is 1. The number of hydrogen-bond donors (Lipinski definition) is 1. The molecule has 2 aromatic rings. The number of hydrogen-bond acceptors (Lipinski definition) is 3. The van der Waals surface area contributed by atoms with E-state index in [0.717, 1.165) is 16.7 Å². The van der Waals surface area contributed by atoms with Gasteiger partial charge in [-0.2, -0.15) is 0 Å². The Morgan fingerprint density at radius 2 is 2.22 bits per heavy atom. The van der Waals surface area contributed by atoms with Crippen LogP contribution in [0.4, 0.5) is 5.69 Å². The summed E-state index contributed by atoms with van der Waals surface area (Å²) in [6.45, 7) is 1.23. The highest BCUT2D eigenvalue weighted by atomic mass is 16.2. The number of rotatable bonds is 2. The lowest BCUT2D eigenvalue weighted by Crippen LogP contribution is -2.23. The molecule has 0 atom stereocenters. The van der Waals surface area contributed by atoms with Crippen LogP contribution in [-0.4, -0.2) is 15.8 Å². The molecule has 4 nitrogen and oxygen atoms in total. The molecule has 1 amide bonds. The van der Waals surface area contributed by atoms with Gasteiger partial charge in [0.25, 0.3) is 5.91 Å². The van der Waals surface area contributed by atoms with Crippen LogP contribution in [0.25, 0.3) is 0 Å². The summed E-state index contributed by atoms with van der Waals surface area (Å²) in [5.41, 5.74) is 9.14. The van der Waals surface area contributed by atoms with E-state index in [-0.39, 0.29) is 5.91 Å². The van der Waals surface area contributed by atoms with Crippen molar-refractivity contribution in [2.45, 2.75) is 13.1 Å². The van der Waals surface area contributed by atoms with Crippen molar-refractivity contribution in [2.24, 2.45) is 0 Å². The molecule has 0 saturated carbocycles. The summed E-state index contributed by atoms with van der Waals surface area (Å²) < 4.78 is 0. The zero-order valence-electron chi connectivity index (χ0n) is 9.84. The molecule has 3 rings (SSSR count). The van der Waals surface area contributed by atoms with Crippen molar-refractivity contribution in [3.05, 3.63) is 59.4 Å². The lowest BCUT2D eigenvalue weighted by molar-refractivity contribution is 0.0766. The largest absolute Gasteiger partial charge is 0.399 e. The zero-order chi connectivity index (χ0) is 12.5. The average molecular weight is 239 g/mol. The number of carbonyl (C=O) groups is 1. The van der Waals surface area contributed by atoms with E-state index >= 15 is 0 Å². The fraction of sp³-hybridized carbons (Fsp3) is 0.143. The number of nitrogens with two attached hydrogens (primary N) is 1. The van der Waals surface area contributed by atoms with Crippen LogP contribution in [0.1, 0.15) is 21.5 Å². The Hall–Kier alpha value is -2.36. The van der Waals surface area contributed by atoms with Gasteiger partial charge in [0.1, 0.15) is 0 Å². The van der Waals surface area contributed by atoms with Gasteiger partial charge in [-0.25, -0.2) is 0 Å². The Bertz CT molecular complexity index is 595. The molecule has 0 saturated heterocycles. The molecule has 0 unspecified atom stereocenters. The fourth-order valence-electron chi connectivity index (χ4n) is 2.22. The van der Waals surface area contributed by atoms with Crippen molar-refractivity contribution in [1.82, 2.24) is 9.88 Å². The second kappa shape index (κ2) is 4.14. The molecule has 2 N–H and O–H groups in total. The van der Waals surface area contributed by atoms with Crippen LogP contribution in [0, 0.1) is 0 Å². The maximum absolute atomic E-state index is 12.2. The highest BCUT2D eigenvalue weighted by Crippen LogP contribution is 2.25. The number of nitrogens with zero attached hydrogens (tertiary/aromatic N) is 2. The lowest BCUT2D eigenvalue weighted by Gasteiger charge is -2.15. The van der Waals surface area contributed by atoms with Crippen LogP contribution < -0.4 is 5.73 Å². The van der Waals surface area contributed by atoms with Gasteiger partial charge in [0.05, 0.1) is 0 Å². The summed E-state index contributed by atoms with van der Waals surface area (Å²) in [4.78, 5) is 18.1. The summed E-state index contributed by atoms with van der Waals surface area (Å²) in [6, 6.07) is 9.35. The van der Waals surface area contributed by atoms with E-state index in [1.165, 1.54) is 0 Å². The molecule has 90 valence electrons. The van der Waals surface area contributed by atoms with Crippen LogP contribution in [0.15, 0.2) is 42.7 Å². The number of fused-ring (bicyclic) bond motifs is 1. The number of aromatic nitrogens is 1. The van der Waals surface area contributed by atoms with E-state index in [0.29, 0.717) is 18.8 Å². The first-order valence-corrected chi connectivity index (χ1v) is 5.80. The van der Waals surface area contributed by atoms with E-state index in [9.17, 15) is 4.79 Å². The van der Waals surface area contributed by atoms with Gasteiger partial charge < -0.3 is 10.6 Å². The van der Waals surface area contributed by atoms with Crippen LogP contribution in [-0.2, 0) is 13.1 Å². The van der Waals surface area contributed by atoms with Crippen LogP contribution >= 0.6 is 0 Å². The van der Waals surface area contributed by atoms with Gasteiger partial charge in [0, 0.05) is 36.7 Å². The normalized spacial score (nSPS) is 13.8. The van der Waals surface area contributed by atoms with Crippen molar-refractivity contribution in [3.8, 4) is 0 Å². The minimum atomic E-state index is 0.0427. The van der Waals surface area contributed by atoms with Gasteiger partial charge in [-0.3, -0.25) is 9.78 Å². The molecule has 4 heteroatoms. The Morgan fingerprint density at radius 3 is 3.00 bits per heavy atom. The quantitative estimate of drug-likeness (QED) is 0.813. The van der Waals surface area contributed by atoms with Crippen molar-refractivity contribution in [2.75, 3.05) is 5.73 Å². The van der Waals surface area contributed by atoms with Gasteiger partial charge in [-0.15, -0.1) is 0 Å². The smallest absolute Gasteiger partial charge is 0.254 e. The second-order valence-electron chi connectivity index (χ2n) is 4.44. The molecule has 1 aromatic carbocycles. The highest BCUT2D eigenvalue weighted by molar-refractivity contribution is 5.99. The van der Waals surface area contributed by atoms with Crippen molar-refractivity contribution in [3.63, 3.8) is 0 Å². The molecule has 18 heavy (non-hydrogen) atoms. The van der Waals surface area contributed by atoms with E-state index in [1.54, 1.807) is 23.4 Å². The first-order valence-electron chi connectivity index (χ1n) is 5.80. The topological polar surface area (TPSA) is 59.2 Å². The second-order valence-corrected chi connectivity index (χ2v) is 4.44. The first-order chi connectivity index (χ1) is 8.74. The number of carbonyl (C=O) groups excluding carboxylic acids is 1.